The molecule has 1 saturated carbocycles. The van der Waals surface area contributed by atoms with Crippen molar-refractivity contribution < 1.29 is 9.90 Å². The van der Waals surface area contributed by atoms with Gasteiger partial charge in [0.25, 0.3) is 0 Å². The average molecular weight is 276 g/mol. The number of piperidine rings is 1. The van der Waals surface area contributed by atoms with E-state index in [1.807, 2.05) is 30.1 Å². The molecule has 0 amide bonds. The maximum Gasteiger partial charge on any atom is 0.178 e. The highest BCUT2D eigenvalue weighted by molar-refractivity contribution is 5.97. The fourth-order valence-corrected chi connectivity index (χ4v) is 3.75. The van der Waals surface area contributed by atoms with Gasteiger partial charge in [-0.05, 0) is 25.3 Å². The van der Waals surface area contributed by atoms with Crippen LogP contribution in [0.15, 0.2) is 18.5 Å². The number of aryl methyl sites for hydroxylation is 1. The van der Waals surface area contributed by atoms with Crippen LogP contribution < -0.4 is 0 Å². The van der Waals surface area contributed by atoms with Crippen molar-refractivity contribution in [1.82, 2.24) is 9.47 Å². The first-order chi connectivity index (χ1) is 9.57. The van der Waals surface area contributed by atoms with Crippen molar-refractivity contribution in [3.8, 4) is 0 Å². The van der Waals surface area contributed by atoms with Crippen molar-refractivity contribution in [2.45, 2.75) is 37.7 Å². The third-order valence-corrected chi connectivity index (χ3v) is 5.03. The maximum atomic E-state index is 12.2. The van der Waals surface area contributed by atoms with E-state index >= 15 is 0 Å². The molecule has 1 aromatic heterocycles. The number of aliphatic hydroxyl groups is 1. The van der Waals surface area contributed by atoms with Crippen LogP contribution in [0.25, 0.3) is 0 Å². The lowest BCUT2D eigenvalue weighted by Crippen LogP contribution is -2.54. The summed E-state index contributed by atoms with van der Waals surface area (Å²) in [5.41, 5.74) is 0.335. The molecule has 20 heavy (non-hydrogen) atoms. The Bertz CT molecular complexity index is 496. The molecule has 1 N–H and O–H groups in total. The molecule has 2 fully saturated rings. The Kier molecular flexibility index (Phi) is 3.69. The van der Waals surface area contributed by atoms with E-state index in [1.165, 1.54) is 6.42 Å². The second kappa shape index (κ2) is 5.34. The molecule has 3 rings (SSSR count). The Balaban J connectivity index is 1.61. The lowest BCUT2D eigenvalue weighted by molar-refractivity contribution is -0.0936. The number of ketones is 1. The number of carbonyl (C=O) groups is 1. The van der Waals surface area contributed by atoms with Crippen LogP contribution in [0.2, 0.25) is 0 Å². The van der Waals surface area contributed by atoms with Gasteiger partial charge in [-0.25, -0.2) is 0 Å². The highest BCUT2D eigenvalue weighted by Gasteiger charge is 2.42. The minimum absolute atomic E-state index is 0.187. The minimum atomic E-state index is -0.454. The fraction of sp³-hybridized carbons (Fsp3) is 0.688. The molecule has 1 saturated heterocycles. The number of fused-ring (bicyclic) bond motifs is 1. The predicted molar refractivity (Wildman–Crippen MR) is 77.7 cm³/mol. The van der Waals surface area contributed by atoms with Crippen LogP contribution in [0.3, 0.4) is 0 Å². The van der Waals surface area contributed by atoms with Gasteiger partial charge in [-0.2, -0.15) is 0 Å². The van der Waals surface area contributed by atoms with Crippen molar-refractivity contribution in [2.75, 3.05) is 19.6 Å². The summed E-state index contributed by atoms with van der Waals surface area (Å²) in [7, 11) is 1.93. The van der Waals surface area contributed by atoms with Crippen molar-refractivity contribution in [3.05, 3.63) is 24.0 Å². The number of rotatable bonds is 3. The van der Waals surface area contributed by atoms with Gasteiger partial charge < -0.3 is 9.67 Å². The number of carbonyl (C=O) groups excluding carboxylic acids is 1. The zero-order valence-corrected chi connectivity index (χ0v) is 12.2. The Morgan fingerprint density at radius 3 is 3.05 bits per heavy atom. The standard InChI is InChI=1S/C16H24N2O2/c1-17-8-5-13(10-17)15(19)12-18-9-7-16(20)6-3-2-4-14(16)11-18/h5,8,10,14,20H,2-4,6-7,9,11-12H2,1H3. The summed E-state index contributed by atoms with van der Waals surface area (Å²) in [5, 5.41) is 10.6. The van der Waals surface area contributed by atoms with Gasteiger partial charge in [0.1, 0.15) is 0 Å². The molecular weight excluding hydrogens is 252 g/mol. The molecule has 2 heterocycles. The quantitative estimate of drug-likeness (QED) is 0.857. The first-order valence-corrected chi connectivity index (χ1v) is 7.67. The van der Waals surface area contributed by atoms with Gasteiger partial charge in [-0.15, -0.1) is 0 Å². The largest absolute Gasteiger partial charge is 0.390 e. The monoisotopic (exact) mass is 276 g/mol. The van der Waals surface area contributed by atoms with Crippen LogP contribution >= 0.6 is 0 Å². The molecule has 0 spiro atoms. The van der Waals surface area contributed by atoms with Crippen LogP contribution in [-0.4, -0.2) is 45.6 Å². The molecule has 0 bridgehead atoms. The maximum absolute atomic E-state index is 12.2. The Morgan fingerprint density at radius 2 is 2.30 bits per heavy atom. The highest BCUT2D eigenvalue weighted by Crippen LogP contribution is 2.39. The molecule has 2 aliphatic rings. The number of likely N-dealkylation sites (tertiary alicyclic amines) is 1. The molecule has 1 aromatic rings. The van der Waals surface area contributed by atoms with E-state index < -0.39 is 5.60 Å². The number of hydrogen-bond donors (Lipinski definition) is 1. The second-order valence-corrected chi connectivity index (χ2v) is 6.52. The molecule has 4 heteroatoms. The molecule has 1 aliphatic heterocycles. The molecule has 110 valence electrons. The van der Waals surface area contributed by atoms with Crippen molar-refractivity contribution in [3.63, 3.8) is 0 Å². The third kappa shape index (κ3) is 2.67. The third-order valence-electron chi connectivity index (χ3n) is 5.03. The number of nitrogens with zero attached hydrogens (tertiary/aromatic N) is 2. The van der Waals surface area contributed by atoms with Gasteiger partial charge in [-0.3, -0.25) is 9.69 Å². The normalized spacial score (nSPS) is 31.0. The second-order valence-electron chi connectivity index (χ2n) is 6.52. The van der Waals surface area contributed by atoms with Gasteiger partial charge in [0.15, 0.2) is 5.78 Å². The van der Waals surface area contributed by atoms with E-state index in [-0.39, 0.29) is 5.78 Å². The Morgan fingerprint density at radius 1 is 1.45 bits per heavy atom. The van der Waals surface area contributed by atoms with E-state index in [1.54, 1.807) is 0 Å². The van der Waals surface area contributed by atoms with Crippen LogP contribution in [0.1, 0.15) is 42.5 Å². The van der Waals surface area contributed by atoms with E-state index in [0.29, 0.717) is 12.5 Å². The topological polar surface area (TPSA) is 45.5 Å². The van der Waals surface area contributed by atoms with Crippen LogP contribution in [0, 0.1) is 5.92 Å². The first-order valence-electron chi connectivity index (χ1n) is 7.67. The molecule has 1 aliphatic carbocycles. The van der Waals surface area contributed by atoms with Crippen LogP contribution in [0.5, 0.6) is 0 Å². The van der Waals surface area contributed by atoms with E-state index in [0.717, 1.165) is 44.3 Å². The molecule has 0 radical (unpaired) electrons. The lowest BCUT2D eigenvalue weighted by atomic mass is 9.71. The summed E-state index contributed by atoms with van der Waals surface area (Å²) in [4.78, 5) is 14.5. The van der Waals surface area contributed by atoms with Crippen molar-refractivity contribution in [2.24, 2.45) is 13.0 Å². The van der Waals surface area contributed by atoms with Crippen LogP contribution in [-0.2, 0) is 7.05 Å². The summed E-state index contributed by atoms with van der Waals surface area (Å²) >= 11 is 0. The average Bonchev–Trinajstić information content (AvgIpc) is 2.86. The van der Waals surface area contributed by atoms with E-state index in [9.17, 15) is 9.90 Å². The zero-order valence-electron chi connectivity index (χ0n) is 12.2. The van der Waals surface area contributed by atoms with E-state index in [4.69, 9.17) is 0 Å². The summed E-state index contributed by atoms with van der Waals surface area (Å²) in [5.74, 6) is 0.542. The lowest BCUT2D eigenvalue weighted by Gasteiger charge is -2.47. The summed E-state index contributed by atoms with van der Waals surface area (Å²) in [6.07, 6.45) is 9.01. The summed E-state index contributed by atoms with van der Waals surface area (Å²) < 4.78 is 1.91. The molecule has 4 nitrogen and oxygen atoms in total. The zero-order chi connectivity index (χ0) is 14.2. The van der Waals surface area contributed by atoms with Crippen molar-refractivity contribution in [1.29, 1.82) is 0 Å². The number of hydrogen-bond acceptors (Lipinski definition) is 3. The van der Waals surface area contributed by atoms with Crippen molar-refractivity contribution >= 4 is 5.78 Å². The smallest absolute Gasteiger partial charge is 0.178 e. The summed E-state index contributed by atoms with van der Waals surface area (Å²) in [6, 6.07) is 1.88. The first kappa shape index (κ1) is 13.8. The molecule has 2 unspecified atom stereocenters. The van der Waals surface area contributed by atoms with Crippen LogP contribution in [0.4, 0.5) is 0 Å². The van der Waals surface area contributed by atoms with Gasteiger partial charge in [0, 0.05) is 44.0 Å². The number of aromatic nitrogens is 1. The molecular formula is C16H24N2O2. The van der Waals surface area contributed by atoms with Gasteiger partial charge in [0.2, 0.25) is 0 Å². The highest BCUT2D eigenvalue weighted by atomic mass is 16.3. The van der Waals surface area contributed by atoms with Gasteiger partial charge in [0.05, 0.1) is 12.1 Å². The Labute approximate surface area is 120 Å². The predicted octanol–water partition coefficient (Wildman–Crippen LogP) is 1.83. The molecule has 0 aromatic carbocycles. The van der Waals surface area contributed by atoms with Gasteiger partial charge >= 0.3 is 0 Å². The fourth-order valence-electron chi connectivity index (χ4n) is 3.75. The molecule has 2 atom stereocenters. The Hall–Kier alpha value is -1.13. The number of Topliss-reactive ketones (excluding diaryl/α,β-unsaturated/α-hetero) is 1. The minimum Gasteiger partial charge on any atom is -0.390 e. The SMILES string of the molecule is Cn1ccc(C(=O)CN2CCC3(O)CCCCC3C2)c1. The summed E-state index contributed by atoms with van der Waals surface area (Å²) in [6.45, 7) is 2.19. The van der Waals surface area contributed by atoms with E-state index in [2.05, 4.69) is 4.90 Å². The van der Waals surface area contributed by atoms with Gasteiger partial charge in [-0.1, -0.05) is 12.8 Å².